The van der Waals surface area contributed by atoms with E-state index in [0.717, 1.165) is 61.5 Å². The normalized spacial score (nSPS) is 11.0. The van der Waals surface area contributed by atoms with Crippen LogP contribution >= 0.6 is 0 Å². The van der Waals surface area contributed by atoms with E-state index >= 15 is 0 Å². The van der Waals surface area contributed by atoms with Gasteiger partial charge in [-0.15, -0.1) is 0 Å². The van der Waals surface area contributed by atoms with Crippen LogP contribution in [0.15, 0.2) is 224 Å². The number of rotatable bonds is 9. The maximum Gasteiger partial charge on any atom is 0.164 e. The number of hydrogen-bond donors (Lipinski definition) is 0. The monoisotopic (exact) mass is 767 g/mol. The molecule has 2 heterocycles. The second-order valence-corrected chi connectivity index (χ2v) is 14.5. The summed E-state index contributed by atoms with van der Waals surface area (Å²) in [5, 5.41) is 0. The minimum atomic E-state index is 0.622. The Morgan fingerprint density at radius 3 is 0.967 bits per heavy atom. The third-order valence-electron chi connectivity index (χ3n) is 10.6. The summed E-state index contributed by atoms with van der Waals surface area (Å²) >= 11 is 0. The summed E-state index contributed by atoms with van der Waals surface area (Å²) in [6.45, 7) is 0. The van der Waals surface area contributed by atoms with Crippen LogP contribution in [-0.2, 0) is 0 Å². The molecule has 60 heavy (non-hydrogen) atoms. The molecule has 0 N–H and O–H groups in total. The van der Waals surface area contributed by atoms with Crippen LogP contribution in [0.4, 0.5) is 0 Å². The zero-order valence-electron chi connectivity index (χ0n) is 32.6. The van der Waals surface area contributed by atoms with Crippen LogP contribution in [0.5, 0.6) is 0 Å². The van der Waals surface area contributed by atoms with Gasteiger partial charge in [0, 0.05) is 33.4 Å². The molecule has 0 aliphatic rings. The first-order valence-electron chi connectivity index (χ1n) is 20.0. The van der Waals surface area contributed by atoms with Crippen molar-refractivity contribution in [1.29, 1.82) is 0 Å². The standard InChI is InChI=1S/C55H37N5/c1-5-16-39(17-6-1)48-26-13-14-27-49(48)40-30-34-42(35-31-40)51-37-50(56-52(57-51)43-18-7-2-8-19-43)41-32-28-38(29-33-41)46-24-15-25-47(36-46)55-59-53(44-20-9-3-10-21-44)58-54(60-55)45-22-11-4-12-23-45/h1-37H. The van der Waals surface area contributed by atoms with Crippen molar-refractivity contribution in [2.24, 2.45) is 0 Å². The number of benzene rings is 8. The molecule has 0 bridgehead atoms. The third-order valence-corrected chi connectivity index (χ3v) is 10.6. The molecular weight excluding hydrogens is 731 g/mol. The fraction of sp³-hybridized carbons (Fsp3) is 0. The van der Waals surface area contributed by atoms with E-state index in [1.54, 1.807) is 0 Å². The van der Waals surface area contributed by atoms with Crippen molar-refractivity contribution < 1.29 is 0 Å². The van der Waals surface area contributed by atoms with Crippen LogP contribution in [0.3, 0.4) is 0 Å². The molecule has 0 saturated heterocycles. The van der Waals surface area contributed by atoms with Crippen molar-refractivity contribution in [2.45, 2.75) is 0 Å². The maximum atomic E-state index is 5.10. The molecule has 0 fully saturated rings. The highest BCUT2D eigenvalue weighted by Crippen LogP contribution is 2.35. The van der Waals surface area contributed by atoms with Crippen molar-refractivity contribution in [2.75, 3.05) is 0 Å². The fourth-order valence-corrected chi connectivity index (χ4v) is 7.49. The van der Waals surface area contributed by atoms with Crippen LogP contribution in [0.1, 0.15) is 0 Å². The molecule has 8 aromatic carbocycles. The zero-order valence-corrected chi connectivity index (χ0v) is 32.6. The summed E-state index contributed by atoms with van der Waals surface area (Å²) in [6, 6.07) is 77.1. The van der Waals surface area contributed by atoms with Gasteiger partial charge in [-0.05, 0) is 45.5 Å². The zero-order chi connectivity index (χ0) is 40.1. The Morgan fingerprint density at radius 2 is 0.500 bits per heavy atom. The van der Waals surface area contributed by atoms with E-state index in [0.29, 0.717) is 23.3 Å². The highest BCUT2D eigenvalue weighted by molar-refractivity contribution is 5.84. The molecule has 10 rings (SSSR count). The average molecular weight is 768 g/mol. The lowest BCUT2D eigenvalue weighted by Crippen LogP contribution is -2.00. The van der Waals surface area contributed by atoms with Gasteiger partial charge >= 0.3 is 0 Å². The van der Waals surface area contributed by atoms with Crippen LogP contribution in [0, 0.1) is 0 Å². The molecule has 5 heteroatoms. The van der Waals surface area contributed by atoms with Gasteiger partial charge in [0.1, 0.15) is 0 Å². The minimum absolute atomic E-state index is 0.622. The summed E-state index contributed by atoms with van der Waals surface area (Å²) in [7, 11) is 0. The maximum absolute atomic E-state index is 5.10. The highest BCUT2D eigenvalue weighted by atomic mass is 15.0. The third kappa shape index (κ3) is 7.63. The Morgan fingerprint density at radius 1 is 0.183 bits per heavy atom. The first kappa shape index (κ1) is 36.2. The van der Waals surface area contributed by atoms with Crippen molar-refractivity contribution in [3.05, 3.63) is 224 Å². The van der Waals surface area contributed by atoms with Crippen molar-refractivity contribution in [3.8, 4) is 101 Å². The van der Waals surface area contributed by atoms with Crippen molar-refractivity contribution >= 4 is 0 Å². The molecular formula is C55H37N5. The predicted molar refractivity (Wildman–Crippen MR) is 244 cm³/mol. The van der Waals surface area contributed by atoms with Crippen LogP contribution in [0.2, 0.25) is 0 Å². The molecule has 0 aliphatic heterocycles. The van der Waals surface area contributed by atoms with Gasteiger partial charge in [0.05, 0.1) is 11.4 Å². The first-order valence-corrected chi connectivity index (χ1v) is 20.0. The van der Waals surface area contributed by atoms with E-state index in [1.165, 1.54) is 16.7 Å². The Labute approximate surface area is 349 Å². The van der Waals surface area contributed by atoms with Gasteiger partial charge in [0.2, 0.25) is 0 Å². The van der Waals surface area contributed by atoms with E-state index in [2.05, 4.69) is 146 Å². The Hall–Kier alpha value is -8.15. The smallest absolute Gasteiger partial charge is 0.164 e. The quantitative estimate of drug-likeness (QED) is 0.146. The summed E-state index contributed by atoms with van der Waals surface area (Å²) in [5.41, 5.74) is 14.4. The molecule has 0 atom stereocenters. The Balaban J connectivity index is 0.982. The molecule has 0 amide bonds. The molecule has 0 unspecified atom stereocenters. The number of aromatic nitrogens is 5. The van der Waals surface area contributed by atoms with Gasteiger partial charge < -0.3 is 0 Å². The van der Waals surface area contributed by atoms with Gasteiger partial charge in [0.15, 0.2) is 23.3 Å². The van der Waals surface area contributed by atoms with Crippen molar-refractivity contribution in [1.82, 2.24) is 24.9 Å². The molecule has 282 valence electrons. The molecule has 0 aliphatic carbocycles. The van der Waals surface area contributed by atoms with E-state index in [1.807, 2.05) is 78.9 Å². The van der Waals surface area contributed by atoms with Crippen molar-refractivity contribution in [3.63, 3.8) is 0 Å². The number of hydrogen-bond acceptors (Lipinski definition) is 5. The SMILES string of the molecule is c1ccc(-c2nc(-c3ccc(-c4cccc(-c5nc(-c6ccccc6)nc(-c6ccccc6)n5)c4)cc3)cc(-c3ccc(-c4ccccc4-c4ccccc4)cc3)n2)cc1. The highest BCUT2D eigenvalue weighted by Gasteiger charge is 2.15. The molecule has 5 nitrogen and oxygen atoms in total. The molecule has 0 radical (unpaired) electrons. The van der Waals surface area contributed by atoms with Crippen LogP contribution < -0.4 is 0 Å². The average Bonchev–Trinajstić information content (AvgIpc) is 3.35. The summed E-state index contributed by atoms with van der Waals surface area (Å²) in [5.74, 6) is 2.58. The fourth-order valence-electron chi connectivity index (χ4n) is 7.49. The Bertz CT molecular complexity index is 2990. The predicted octanol–water partition coefficient (Wildman–Crippen LogP) is 13.7. The van der Waals surface area contributed by atoms with E-state index in [9.17, 15) is 0 Å². The molecule has 0 spiro atoms. The van der Waals surface area contributed by atoms with Gasteiger partial charge in [-0.3, -0.25) is 0 Å². The largest absolute Gasteiger partial charge is 0.228 e. The van der Waals surface area contributed by atoms with E-state index in [4.69, 9.17) is 24.9 Å². The van der Waals surface area contributed by atoms with E-state index < -0.39 is 0 Å². The summed E-state index contributed by atoms with van der Waals surface area (Å²) in [4.78, 5) is 25.0. The summed E-state index contributed by atoms with van der Waals surface area (Å²) in [6.07, 6.45) is 0. The topological polar surface area (TPSA) is 64.5 Å². The lowest BCUT2D eigenvalue weighted by Gasteiger charge is -2.12. The van der Waals surface area contributed by atoms with E-state index in [-0.39, 0.29) is 0 Å². The van der Waals surface area contributed by atoms with Gasteiger partial charge in [0.25, 0.3) is 0 Å². The van der Waals surface area contributed by atoms with Gasteiger partial charge in [-0.25, -0.2) is 24.9 Å². The minimum Gasteiger partial charge on any atom is -0.228 e. The lowest BCUT2D eigenvalue weighted by atomic mass is 9.94. The van der Waals surface area contributed by atoms with Crippen LogP contribution in [-0.4, -0.2) is 24.9 Å². The Kier molecular flexibility index (Phi) is 9.88. The van der Waals surface area contributed by atoms with Crippen LogP contribution in [0.25, 0.3) is 101 Å². The van der Waals surface area contributed by atoms with Gasteiger partial charge in [-0.2, -0.15) is 0 Å². The lowest BCUT2D eigenvalue weighted by molar-refractivity contribution is 1.07. The summed E-state index contributed by atoms with van der Waals surface area (Å²) < 4.78 is 0. The molecule has 2 aromatic heterocycles. The second kappa shape index (κ2) is 16.4. The number of nitrogens with zero attached hydrogens (tertiary/aromatic N) is 5. The molecule has 10 aromatic rings. The van der Waals surface area contributed by atoms with Gasteiger partial charge in [-0.1, -0.05) is 212 Å². The second-order valence-electron chi connectivity index (χ2n) is 14.5. The first-order chi connectivity index (χ1) is 29.7. The molecule has 0 saturated carbocycles.